The minimum Gasteiger partial charge on any atom is -0.365 e. The quantitative estimate of drug-likeness (QED) is 0.241. The summed E-state index contributed by atoms with van der Waals surface area (Å²) >= 11 is 1.54. The van der Waals surface area contributed by atoms with Gasteiger partial charge >= 0.3 is 0 Å². The van der Waals surface area contributed by atoms with Crippen molar-refractivity contribution >= 4 is 24.1 Å². The van der Waals surface area contributed by atoms with E-state index in [-0.39, 0.29) is 17.3 Å². The maximum atomic E-state index is 12.0. The first-order valence-electron chi connectivity index (χ1n) is 8.79. The summed E-state index contributed by atoms with van der Waals surface area (Å²) in [7, 11) is 0. The van der Waals surface area contributed by atoms with Crippen LogP contribution in [0, 0.1) is 0 Å². The van der Waals surface area contributed by atoms with E-state index in [0.717, 1.165) is 45.1 Å². The van der Waals surface area contributed by atoms with Crippen LogP contribution >= 0.6 is 11.8 Å². The molecule has 1 heterocycles. The van der Waals surface area contributed by atoms with E-state index in [1.165, 1.54) is 4.90 Å². The maximum absolute atomic E-state index is 12.0. The van der Waals surface area contributed by atoms with E-state index in [1.54, 1.807) is 11.8 Å². The van der Waals surface area contributed by atoms with Gasteiger partial charge in [0.15, 0.2) is 0 Å². The zero-order valence-corrected chi connectivity index (χ0v) is 15.8. The minimum atomic E-state index is -0.413. The Labute approximate surface area is 144 Å². The van der Waals surface area contributed by atoms with Crippen LogP contribution in [0.15, 0.2) is 0 Å². The summed E-state index contributed by atoms with van der Waals surface area (Å²) in [5.41, 5.74) is 0. The lowest BCUT2D eigenvalue weighted by atomic mass is 10.1. The summed E-state index contributed by atoms with van der Waals surface area (Å²) < 4.78 is 5.94. The van der Waals surface area contributed by atoms with Crippen molar-refractivity contribution in [2.24, 2.45) is 0 Å². The molecule has 0 spiro atoms. The number of β-lactam (4-membered cyclic amide) rings is 1. The summed E-state index contributed by atoms with van der Waals surface area (Å²) in [5.74, 6) is -0.129. The Morgan fingerprint density at radius 1 is 1.22 bits per heavy atom. The van der Waals surface area contributed by atoms with Gasteiger partial charge in [-0.15, -0.1) is 11.8 Å². The van der Waals surface area contributed by atoms with Gasteiger partial charge in [-0.3, -0.25) is 14.5 Å². The van der Waals surface area contributed by atoms with Gasteiger partial charge in [0, 0.05) is 6.61 Å². The standard InChI is InChI=1S/C17H32N2O3S/c1-5-7-9-11-18-14-15(21)19(13-20)16(14)23-17(3,4)22-12-10-8-6-2/h13-14,16,18H,5-12H2,1-4H3. The van der Waals surface area contributed by atoms with Gasteiger partial charge < -0.3 is 10.1 Å². The molecule has 0 aromatic heterocycles. The van der Waals surface area contributed by atoms with Gasteiger partial charge in [-0.25, -0.2) is 0 Å². The molecule has 1 rings (SSSR count). The molecule has 23 heavy (non-hydrogen) atoms. The van der Waals surface area contributed by atoms with Crippen LogP contribution in [-0.2, 0) is 14.3 Å². The lowest BCUT2D eigenvalue weighted by Gasteiger charge is -2.46. The fourth-order valence-corrected chi connectivity index (χ4v) is 3.89. The molecule has 2 atom stereocenters. The van der Waals surface area contributed by atoms with Crippen LogP contribution < -0.4 is 5.32 Å². The van der Waals surface area contributed by atoms with E-state index in [1.807, 2.05) is 13.8 Å². The Hall–Kier alpha value is -0.590. The van der Waals surface area contributed by atoms with Crippen molar-refractivity contribution in [1.29, 1.82) is 0 Å². The molecule has 0 radical (unpaired) electrons. The smallest absolute Gasteiger partial charge is 0.250 e. The fraction of sp³-hybridized carbons (Fsp3) is 0.882. The molecule has 6 heteroatoms. The first-order chi connectivity index (χ1) is 11.0. The molecule has 0 aromatic carbocycles. The molecule has 134 valence electrons. The van der Waals surface area contributed by atoms with Gasteiger partial charge in [-0.1, -0.05) is 39.5 Å². The lowest BCUT2D eigenvalue weighted by molar-refractivity contribution is -0.151. The molecule has 2 amide bonds. The first kappa shape index (κ1) is 20.5. The summed E-state index contributed by atoms with van der Waals surface area (Å²) in [5, 5.41) is 3.11. The van der Waals surface area contributed by atoms with Crippen molar-refractivity contribution in [2.45, 2.75) is 82.6 Å². The van der Waals surface area contributed by atoms with Crippen LogP contribution in [0.1, 0.15) is 66.2 Å². The second-order valence-corrected chi connectivity index (χ2v) is 8.16. The van der Waals surface area contributed by atoms with E-state index in [2.05, 4.69) is 19.2 Å². The van der Waals surface area contributed by atoms with Crippen LogP contribution in [0.3, 0.4) is 0 Å². The number of unbranched alkanes of at least 4 members (excludes halogenated alkanes) is 4. The normalized spacial score (nSPS) is 21.4. The first-order valence-corrected chi connectivity index (χ1v) is 9.67. The molecular weight excluding hydrogens is 312 g/mol. The van der Waals surface area contributed by atoms with Crippen molar-refractivity contribution in [3.8, 4) is 0 Å². The molecule has 2 unspecified atom stereocenters. The van der Waals surface area contributed by atoms with Crippen molar-refractivity contribution in [1.82, 2.24) is 10.2 Å². The van der Waals surface area contributed by atoms with Crippen molar-refractivity contribution in [2.75, 3.05) is 13.2 Å². The van der Waals surface area contributed by atoms with Crippen LogP contribution in [0.4, 0.5) is 0 Å². The van der Waals surface area contributed by atoms with E-state index in [4.69, 9.17) is 4.74 Å². The van der Waals surface area contributed by atoms with Crippen LogP contribution in [0.5, 0.6) is 0 Å². The minimum absolute atomic E-state index is 0.129. The van der Waals surface area contributed by atoms with Gasteiger partial charge in [0.1, 0.15) is 16.3 Å². The predicted octanol–water partition coefficient (Wildman–Crippen LogP) is 3.14. The van der Waals surface area contributed by atoms with E-state index < -0.39 is 4.93 Å². The number of carbonyl (C=O) groups excluding carboxylic acids is 2. The van der Waals surface area contributed by atoms with Crippen LogP contribution in [0.2, 0.25) is 0 Å². The molecule has 5 nitrogen and oxygen atoms in total. The highest BCUT2D eigenvalue weighted by atomic mass is 32.2. The van der Waals surface area contributed by atoms with Gasteiger partial charge in [-0.2, -0.15) is 0 Å². The Kier molecular flexibility index (Phi) is 9.17. The third-order valence-electron chi connectivity index (χ3n) is 3.94. The number of hydrogen-bond acceptors (Lipinski definition) is 5. The fourth-order valence-electron chi connectivity index (χ4n) is 2.54. The average molecular weight is 345 g/mol. The third kappa shape index (κ3) is 6.43. The molecule has 0 saturated carbocycles. The van der Waals surface area contributed by atoms with Gasteiger partial charge in [0.2, 0.25) is 12.3 Å². The van der Waals surface area contributed by atoms with Gasteiger partial charge in [0.25, 0.3) is 0 Å². The highest BCUT2D eigenvalue weighted by Crippen LogP contribution is 2.38. The molecule has 0 aromatic rings. The van der Waals surface area contributed by atoms with Crippen LogP contribution in [-0.4, -0.2) is 46.7 Å². The van der Waals surface area contributed by atoms with Crippen molar-refractivity contribution in [3.05, 3.63) is 0 Å². The summed E-state index contributed by atoms with van der Waals surface area (Å²) in [6, 6.07) is -0.277. The second kappa shape index (κ2) is 10.3. The molecule has 1 saturated heterocycles. The topological polar surface area (TPSA) is 58.6 Å². The summed E-state index contributed by atoms with van der Waals surface area (Å²) in [6.45, 7) is 9.85. The number of amides is 2. The maximum Gasteiger partial charge on any atom is 0.250 e. The number of carbonyl (C=O) groups is 2. The number of ether oxygens (including phenoxy) is 1. The molecule has 0 aliphatic carbocycles. The SMILES string of the molecule is CCCCCNC1C(=O)N(C=O)C1SC(C)(C)OCCCCC. The summed E-state index contributed by atoms with van der Waals surface area (Å²) in [6.07, 6.45) is 7.35. The zero-order valence-electron chi connectivity index (χ0n) is 15.0. The molecule has 1 fully saturated rings. The Bertz CT molecular complexity index is 377. The average Bonchev–Trinajstić information content (AvgIpc) is 2.51. The van der Waals surface area contributed by atoms with E-state index >= 15 is 0 Å². The number of hydrogen-bond donors (Lipinski definition) is 1. The van der Waals surface area contributed by atoms with Crippen molar-refractivity contribution in [3.63, 3.8) is 0 Å². The van der Waals surface area contributed by atoms with Crippen molar-refractivity contribution < 1.29 is 14.3 Å². The Morgan fingerprint density at radius 3 is 2.48 bits per heavy atom. The molecule has 0 bridgehead atoms. The van der Waals surface area contributed by atoms with Gasteiger partial charge in [-0.05, 0) is 33.2 Å². The highest BCUT2D eigenvalue weighted by molar-refractivity contribution is 8.01. The molecule has 1 N–H and O–H groups in total. The molecule has 1 aliphatic heterocycles. The van der Waals surface area contributed by atoms with Gasteiger partial charge in [0.05, 0.1) is 0 Å². The Morgan fingerprint density at radius 2 is 1.87 bits per heavy atom. The zero-order chi connectivity index (χ0) is 17.3. The summed E-state index contributed by atoms with van der Waals surface area (Å²) in [4.78, 5) is 24.0. The Balaban J connectivity index is 2.48. The number of thioether (sulfide) groups is 1. The molecule has 1 aliphatic rings. The predicted molar refractivity (Wildman–Crippen MR) is 95.2 cm³/mol. The number of imide groups is 1. The lowest BCUT2D eigenvalue weighted by Crippen LogP contribution is -2.68. The number of nitrogens with one attached hydrogen (secondary N) is 1. The monoisotopic (exact) mass is 344 g/mol. The number of nitrogens with zero attached hydrogens (tertiary/aromatic N) is 1. The largest absolute Gasteiger partial charge is 0.365 e. The highest BCUT2D eigenvalue weighted by Gasteiger charge is 2.49. The third-order valence-corrected chi connectivity index (χ3v) is 5.37. The molecular formula is C17H32N2O3S. The second-order valence-electron chi connectivity index (χ2n) is 6.45. The number of rotatable bonds is 13. The van der Waals surface area contributed by atoms with Crippen LogP contribution in [0.25, 0.3) is 0 Å². The van der Waals surface area contributed by atoms with E-state index in [9.17, 15) is 9.59 Å². The number of likely N-dealkylation sites (tertiary alicyclic amines) is 1. The van der Waals surface area contributed by atoms with E-state index in [0.29, 0.717) is 13.0 Å².